The fourth-order valence-electron chi connectivity index (χ4n) is 1.47. The van der Waals surface area contributed by atoms with E-state index in [0.717, 1.165) is 10.0 Å². The van der Waals surface area contributed by atoms with Crippen LogP contribution in [0.1, 0.15) is 30.6 Å². The summed E-state index contributed by atoms with van der Waals surface area (Å²) in [5.41, 5.74) is 0.438. The van der Waals surface area contributed by atoms with Crippen molar-refractivity contribution in [2.45, 2.75) is 25.8 Å². The second kappa shape index (κ2) is 6.45. The normalized spacial score (nSPS) is 11.9. The molecule has 0 saturated carbocycles. The van der Waals surface area contributed by atoms with Crippen molar-refractivity contribution in [2.24, 2.45) is 0 Å². The molecule has 0 aliphatic rings. The average Bonchev–Trinajstić information content (AvgIpc) is 2.36. The number of benzene rings is 1. The van der Waals surface area contributed by atoms with Crippen LogP contribution in [0, 0.1) is 0 Å². The van der Waals surface area contributed by atoms with Crippen molar-refractivity contribution >= 4 is 21.7 Å². The maximum absolute atomic E-state index is 12.0. The monoisotopic (exact) mass is 313 g/mol. The molecule has 0 aromatic heterocycles. The lowest BCUT2D eigenvalue weighted by atomic mass is 10.0. The van der Waals surface area contributed by atoms with Crippen LogP contribution in [0.3, 0.4) is 0 Å². The first-order chi connectivity index (χ1) is 8.36. The molecule has 0 aliphatic carbocycles. The fourth-order valence-corrected chi connectivity index (χ4v) is 1.74. The van der Waals surface area contributed by atoms with E-state index in [2.05, 4.69) is 15.9 Å². The van der Waals surface area contributed by atoms with Crippen molar-refractivity contribution in [3.05, 3.63) is 34.3 Å². The molecule has 0 unspecified atom stereocenters. The minimum Gasteiger partial charge on any atom is -0.394 e. The van der Waals surface area contributed by atoms with E-state index < -0.39 is 0 Å². The molecule has 0 atom stereocenters. The molecule has 3 nitrogen and oxygen atoms in total. The van der Waals surface area contributed by atoms with E-state index in [-0.39, 0.29) is 17.9 Å². The maximum atomic E-state index is 12.0. The molecule has 1 aromatic rings. The van der Waals surface area contributed by atoms with Gasteiger partial charge in [-0.15, -0.1) is 0 Å². The maximum Gasteiger partial charge on any atom is 0.164 e. The highest BCUT2D eigenvalue weighted by Gasteiger charge is 2.22. The Labute approximate surface area is 117 Å². The molecule has 100 valence electrons. The van der Waals surface area contributed by atoms with Gasteiger partial charge in [0.1, 0.15) is 0 Å². The van der Waals surface area contributed by atoms with Gasteiger partial charge < -0.3 is 5.11 Å². The largest absolute Gasteiger partial charge is 0.394 e. The van der Waals surface area contributed by atoms with Gasteiger partial charge in [-0.25, -0.2) is 0 Å². The number of hydrogen-bond donors (Lipinski definition) is 1. The van der Waals surface area contributed by atoms with E-state index in [0.29, 0.717) is 13.0 Å². The van der Waals surface area contributed by atoms with Crippen LogP contribution in [0.15, 0.2) is 28.7 Å². The van der Waals surface area contributed by atoms with Gasteiger partial charge in [0.15, 0.2) is 5.78 Å². The van der Waals surface area contributed by atoms with Crippen LogP contribution >= 0.6 is 15.9 Å². The number of Topliss-reactive ketones (excluding diaryl/α,β-unsaturated/α-hetero) is 1. The highest BCUT2D eigenvalue weighted by molar-refractivity contribution is 9.10. The summed E-state index contributed by atoms with van der Waals surface area (Å²) < 4.78 is 0.970. The summed E-state index contributed by atoms with van der Waals surface area (Å²) in [4.78, 5) is 14.0. The highest BCUT2D eigenvalue weighted by Crippen LogP contribution is 2.14. The summed E-state index contributed by atoms with van der Waals surface area (Å²) in [7, 11) is 1.92. The Kier molecular flexibility index (Phi) is 5.50. The molecule has 0 radical (unpaired) electrons. The Morgan fingerprint density at radius 2 is 1.89 bits per heavy atom. The summed E-state index contributed by atoms with van der Waals surface area (Å²) in [5, 5.41) is 9.25. The lowest BCUT2D eigenvalue weighted by Gasteiger charge is -2.33. The number of nitrogens with zero attached hydrogens (tertiary/aromatic N) is 1. The SMILES string of the molecule is CN(CCC(=O)c1ccc(Br)cc1)C(C)(C)CO. The van der Waals surface area contributed by atoms with Crippen LogP contribution in [0.4, 0.5) is 0 Å². The Morgan fingerprint density at radius 1 is 1.33 bits per heavy atom. The smallest absolute Gasteiger partial charge is 0.164 e. The van der Waals surface area contributed by atoms with Gasteiger partial charge in [0.2, 0.25) is 0 Å². The molecule has 0 spiro atoms. The van der Waals surface area contributed by atoms with Crippen LogP contribution in [-0.2, 0) is 0 Å². The number of hydrogen-bond acceptors (Lipinski definition) is 3. The van der Waals surface area contributed by atoms with Gasteiger partial charge in [0.25, 0.3) is 0 Å². The molecule has 1 rings (SSSR count). The molecule has 1 N–H and O–H groups in total. The zero-order chi connectivity index (χ0) is 13.8. The zero-order valence-electron chi connectivity index (χ0n) is 11.1. The number of carbonyl (C=O) groups excluding carboxylic acids is 1. The number of carbonyl (C=O) groups is 1. The molecule has 0 aliphatic heterocycles. The summed E-state index contributed by atoms with van der Waals surface area (Å²) >= 11 is 3.34. The molecular formula is C14H20BrNO2. The predicted octanol–water partition coefficient (Wildman–Crippen LogP) is 2.72. The summed E-state index contributed by atoms with van der Waals surface area (Å²) in [5.74, 6) is 0.128. The van der Waals surface area contributed by atoms with Gasteiger partial charge in [-0.3, -0.25) is 9.69 Å². The van der Waals surface area contributed by atoms with E-state index in [1.54, 1.807) is 0 Å². The number of aliphatic hydroxyl groups excluding tert-OH is 1. The average molecular weight is 314 g/mol. The molecule has 0 heterocycles. The van der Waals surface area contributed by atoms with Crippen LogP contribution in [0.5, 0.6) is 0 Å². The first kappa shape index (κ1) is 15.3. The van der Waals surface area contributed by atoms with E-state index in [1.165, 1.54) is 0 Å². The third-order valence-corrected chi connectivity index (χ3v) is 3.79. The van der Waals surface area contributed by atoms with Gasteiger partial charge in [-0.05, 0) is 33.0 Å². The first-order valence-corrected chi connectivity index (χ1v) is 6.77. The van der Waals surface area contributed by atoms with Crippen molar-refractivity contribution in [1.82, 2.24) is 4.90 Å². The number of halogens is 1. The summed E-state index contributed by atoms with van der Waals surface area (Å²) in [6, 6.07) is 7.39. The minimum absolute atomic E-state index is 0.0793. The molecule has 18 heavy (non-hydrogen) atoms. The van der Waals surface area contributed by atoms with Gasteiger partial charge in [-0.1, -0.05) is 28.1 Å². The Bertz CT molecular complexity index is 401. The van der Waals surface area contributed by atoms with E-state index in [9.17, 15) is 9.90 Å². The van der Waals surface area contributed by atoms with Gasteiger partial charge >= 0.3 is 0 Å². The standard InChI is InChI=1S/C14H20BrNO2/c1-14(2,10-17)16(3)9-8-13(18)11-4-6-12(15)7-5-11/h4-7,17H,8-10H2,1-3H3. The minimum atomic E-state index is -0.292. The number of rotatable bonds is 6. The zero-order valence-corrected chi connectivity index (χ0v) is 12.7. The van der Waals surface area contributed by atoms with E-state index in [1.807, 2.05) is 50.1 Å². The molecule has 0 bridgehead atoms. The quantitative estimate of drug-likeness (QED) is 0.821. The van der Waals surface area contributed by atoms with Crippen LogP contribution in [0.25, 0.3) is 0 Å². The van der Waals surface area contributed by atoms with Crippen molar-refractivity contribution in [3.63, 3.8) is 0 Å². The molecule has 1 aromatic carbocycles. The molecule has 0 fully saturated rings. The fraction of sp³-hybridized carbons (Fsp3) is 0.500. The van der Waals surface area contributed by atoms with Gasteiger partial charge in [0.05, 0.1) is 6.61 Å². The van der Waals surface area contributed by atoms with Crippen molar-refractivity contribution in [1.29, 1.82) is 0 Å². The van der Waals surface area contributed by atoms with Crippen molar-refractivity contribution < 1.29 is 9.90 Å². The van der Waals surface area contributed by atoms with E-state index >= 15 is 0 Å². The Hall–Kier alpha value is -0.710. The first-order valence-electron chi connectivity index (χ1n) is 5.97. The van der Waals surface area contributed by atoms with Crippen LogP contribution in [0.2, 0.25) is 0 Å². The molecular weight excluding hydrogens is 294 g/mol. The number of aliphatic hydroxyl groups is 1. The number of ketones is 1. The van der Waals surface area contributed by atoms with Gasteiger partial charge in [-0.2, -0.15) is 0 Å². The molecule has 0 amide bonds. The summed E-state index contributed by atoms with van der Waals surface area (Å²) in [6.07, 6.45) is 0.460. The van der Waals surface area contributed by atoms with E-state index in [4.69, 9.17) is 0 Å². The lowest BCUT2D eigenvalue weighted by molar-refractivity contribution is 0.0725. The second-order valence-corrected chi connectivity index (χ2v) is 5.99. The third kappa shape index (κ3) is 4.19. The van der Waals surface area contributed by atoms with Crippen LogP contribution in [-0.4, -0.2) is 41.5 Å². The lowest BCUT2D eigenvalue weighted by Crippen LogP contribution is -2.45. The van der Waals surface area contributed by atoms with Crippen molar-refractivity contribution in [2.75, 3.05) is 20.2 Å². The molecule has 0 saturated heterocycles. The summed E-state index contributed by atoms with van der Waals surface area (Å²) in [6.45, 7) is 4.63. The second-order valence-electron chi connectivity index (χ2n) is 5.07. The third-order valence-electron chi connectivity index (χ3n) is 3.26. The topological polar surface area (TPSA) is 40.5 Å². The van der Waals surface area contributed by atoms with Crippen molar-refractivity contribution in [3.8, 4) is 0 Å². The van der Waals surface area contributed by atoms with Gasteiger partial charge in [0, 0.05) is 28.5 Å². The Balaban J connectivity index is 2.54. The Morgan fingerprint density at radius 3 is 2.39 bits per heavy atom. The predicted molar refractivity (Wildman–Crippen MR) is 76.9 cm³/mol. The highest BCUT2D eigenvalue weighted by atomic mass is 79.9. The number of likely N-dealkylation sites (N-methyl/N-ethyl adjacent to an activating group) is 1. The van der Waals surface area contributed by atoms with Crippen LogP contribution < -0.4 is 0 Å². The molecule has 4 heteroatoms.